The highest BCUT2D eigenvalue weighted by Gasteiger charge is 2.21. The quantitative estimate of drug-likeness (QED) is 0.877. The van der Waals surface area contributed by atoms with Gasteiger partial charge in [0.25, 0.3) is 0 Å². The molecule has 0 atom stereocenters. The standard InChI is InChI=1S/C19H20FN3O/c20-16-6-3-15(4-7-16)5-8-19(24)23-12-9-17(10-13-23)22-18-2-1-11-21-14-18/h1-8,11,14,17,22H,9-10,12-13H2/b8-5-. The Labute approximate surface area is 141 Å². The summed E-state index contributed by atoms with van der Waals surface area (Å²) in [6.07, 6.45) is 8.66. The molecular weight excluding hydrogens is 305 g/mol. The molecule has 0 radical (unpaired) electrons. The minimum Gasteiger partial charge on any atom is -0.381 e. The largest absolute Gasteiger partial charge is 0.381 e. The molecule has 124 valence electrons. The van der Waals surface area contributed by atoms with E-state index in [4.69, 9.17) is 0 Å². The molecule has 4 nitrogen and oxygen atoms in total. The number of hydrogen-bond acceptors (Lipinski definition) is 3. The van der Waals surface area contributed by atoms with E-state index in [9.17, 15) is 9.18 Å². The SMILES string of the molecule is O=C(/C=C\c1ccc(F)cc1)N1CCC(Nc2cccnc2)CC1. The van der Waals surface area contributed by atoms with Crippen molar-refractivity contribution >= 4 is 17.7 Å². The Bertz CT molecular complexity index is 692. The van der Waals surface area contributed by atoms with Gasteiger partial charge in [-0.1, -0.05) is 12.1 Å². The zero-order valence-corrected chi connectivity index (χ0v) is 13.4. The van der Waals surface area contributed by atoms with E-state index < -0.39 is 0 Å². The van der Waals surface area contributed by atoms with E-state index in [-0.39, 0.29) is 11.7 Å². The number of hydrogen-bond donors (Lipinski definition) is 1. The van der Waals surface area contributed by atoms with Crippen molar-refractivity contribution in [2.24, 2.45) is 0 Å². The van der Waals surface area contributed by atoms with Gasteiger partial charge in [0.05, 0.1) is 5.69 Å². The zero-order chi connectivity index (χ0) is 16.8. The van der Waals surface area contributed by atoms with Crippen LogP contribution in [0.1, 0.15) is 18.4 Å². The van der Waals surface area contributed by atoms with E-state index in [1.807, 2.05) is 23.2 Å². The third-order valence-corrected chi connectivity index (χ3v) is 4.13. The molecule has 2 aromatic rings. The highest BCUT2D eigenvalue weighted by Crippen LogP contribution is 2.16. The number of halogens is 1. The predicted molar refractivity (Wildman–Crippen MR) is 92.9 cm³/mol. The summed E-state index contributed by atoms with van der Waals surface area (Å²) in [5.41, 5.74) is 1.83. The molecule has 0 saturated carbocycles. The lowest BCUT2D eigenvalue weighted by Crippen LogP contribution is -2.41. The van der Waals surface area contributed by atoms with Crippen molar-refractivity contribution in [1.29, 1.82) is 0 Å². The van der Waals surface area contributed by atoms with Crippen molar-refractivity contribution in [2.75, 3.05) is 18.4 Å². The smallest absolute Gasteiger partial charge is 0.246 e. The number of amides is 1. The third-order valence-electron chi connectivity index (χ3n) is 4.13. The Morgan fingerprint density at radius 3 is 2.62 bits per heavy atom. The summed E-state index contributed by atoms with van der Waals surface area (Å²) >= 11 is 0. The van der Waals surface area contributed by atoms with Crippen LogP contribution in [0.15, 0.2) is 54.9 Å². The van der Waals surface area contributed by atoms with Gasteiger partial charge in [-0.05, 0) is 48.7 Å². The first kappa shape index (κ1) is 16.2. The first-order valence-corrected chi connectivity index (χ1v) is 8.10. The second kappa shape index (κ2) is 7.73. The maximum Gasteiger partial charge on any atom is 0.246 e. The van der Waals surface area contributed by atoms with E-state index >= 15 is 0 Å². The molecule has 1 aliphatic heterocycles. The third kappa shape index (κ3) is 4.41. The number of aromatic nitrogens is 1. The molecule has 1 aliphatic rings. The number of rotatable bonds is 4. The molecule has 3 rings (SSSR count). The monoisotopic (exact) mass is 325 g/mol. The van der Waals surface area contributed by atoms with Crippen LogP contribution in [0.25, 0.3) is 6.08 Å². The normalized spacial score (nSPS) is 15.6. The first-order valence-electron chi connectivity index (χ1n) is 8.10. The van der Waals surface area contributed by atoms with Crippen LogP contribution in [0.4, 0.5) is 10.1 Å². The summed E-state index contributed by atoms with van der Waals surface area (Å²) in [6.45, 7) is 1.45. The number of carbonyl (C=O) groups is 1. The molecule has 1 aromatic carbocycles. The summed E-state index contributed by atoms with van der Waals surface area (Å²) in [6, 6.07) is 10.3. The van der Waals surface area contributed by atoms with E-state index in [1.54, 1.807) is 30.5 Å². The molecule has 1 N–H and O–H groups in total. The average molecular weight is 325 g/mol. The van der Waals surface area contributed by atoms with Gasteiger partial charge in [-0.15, -0.1) is 0 Å². The van der Waals surface area contributed by atoms with Crippen LogP contribution < -0.4 is 5.32 Å². The molecule has 1 aromatic heterocycles. The van der Waals surface area contributed by atoms with E-state index in [1.165, 1.54) is 12.1 Å². The van der Waals surface area contributed by atoms with Gasteiger partial charge in [0, 0.05) is 37.6 Å². The number of likely N-dealkylation sites (tertiary alicyclic amines) is 1. The molecule has 0 spiro atoms. The molecular formula is C19H20FN3O. The number of carbonyl (C=O) groups excluding carboxylic acids is 1. The van der Waals surface area contributed by atoms with Crippen LogP contribution in [-0.2, 0) is 4.79 Å². The average Bonchev–Trinajstić information content (AvgIpc) is 2.62. The van der Waals surface area contributed by atoms with Gasteiger partial charge in [0.15, 0.2) is 0 Å². The maximum absolute atomic E-state index is 12.9. The van der Waals surface area contributed by atoms with E-state index in [0.717, 1.165) is 37.2 Å². The topological polar surface area (TPSA) is 45.2 Å². The Balaban J connectivity index is 1.49. The molecule has 1 saturated heterocycles. The Kier molecular flexibility index (Phi) is 5.21. The summed E-state index contributed by atoms with van der Waals surface area (Å²) in [4.78, 5) is 18.2. The Morgan fingerprint density at radius 2 is 1.96 bits per heavy atom. The second-order valence-electron chi connectivity index (χ2n) is 5.87. The lowest BCUT2D eigenvalue weighted by atomic mass is 10.0. The first-order chi connectivity index (χ1) is 11.7. The Hall–Kier alpha value is -2.69. The summed E-state index contributed by atoms with van der Waals surface area (Å²) in [7, 11) is 0. The number of nitrogens with one attached hydrogen (secondary N) is 1. The molecule has 0 bridgehead atoms. The van der Waals surface area contributed by atoms with Crippen LogP contribution in [0.2, 0.25) is 0 Å². The van der Waals surface area contributed by atoms with Crippen LogP contribution >= 0.6 is 0 Å². The summed E-state index contributed by atoms with van der Waals surface area (Å²) in [5.74, 6) is -0.277. The predicted octanol–water partition coefficient (Wildman–Crippen LogP) is 3.34. The van der Waals surface area contributed by atoms with Crippen LogP contribution in [0, 0.1) is 5.82 Å². The minimum absolute atomic E-state index is 0.000784. The molecule has 5 heteroatoms. The molecule has 0 aliphatic carbocycles. The number of piperidine rings is 1. The van der Waals surface area contributed by atoms with E-state index in [2.05, 4.69) is 10.3 Å². The highest BCUT2D eigenvalue weighted by atomic mass is 19.1. The maximum atomic E-state index is 12.9. The number of benzene rings is 1. The highest BCUT2D eigenvalue weighted by molar-refractivity contribution is 5.91. The van der Waals surface area contributed by atoms with Gasteiger partial charge < -0.3 is 10.2 Å². The minimum atomic E-state index is -0.276. The lowest BCUT2D eigenvalue weighted by molar-refractivity contribution is -0.126. The fourth-order valence-corrected chi connectivity index (χ4v) is 2.77. The molecule has 1 fully saturated rings. The van der Waals surface area contributed by atoms with Crippen molar-refractivity contribution in [3.05, 3.63) is 66.2 Å². The van der Waals surface area contributed by atoms with Gasteiger partial charge in [0.1, 0.15) is 5.82 Å². The van der Waals surface area contributed by atoms with Crippen molar-refractivity contribution in [2.45, 2.75) is 18.9 Å². The lowest BCUT2D eigenvalue weighted by Gasteiger charge is -2.32. The molecule has 1 amide bonds. The van der Waals surface area contributed by atoms with Gasteiger partial charge in [-0.25, -0.2) is 4.39 Å². The fraction of sp³-hybridized carbons (Fsp3) is 0.263. The van der Waals surface area contributed by atoms with Crippen molar-refractivity contribution in [3.8, 4) is 0 Å². The van der Waals surface area contributed by atoms with Crippen molar-refractivity contribution in [3.63, 3.8) is 0 Å². The zero-order valence-electron chi connectivity index (χ0n) is 13.4. The molecule has 2 heterocycles. The van der Waals surface area contributed by atoms with Crippen molar-refractivity contribution in [1.82, 2.24) is 9.88 Å². The summed E-state index contributed by atoms with van der Waals surface area (Å²) in [5, 5.41) is 3.45. The Morgan fingerprint density at radius 1 is 1.21 bits per heavy atom. The number of nitrogens with zero attached hydrogens (tertiary/aromatic N) is 2. The van der Waals surface area contributed by atoms with Gasteiger partial charge >= 0.3 is 0 Å². The van der Waals surface area contributed by atoms with Gasteiger partial charge in [-0.3, -0.25) is 9.78 Å². The van der Waals surface area contributed by atoms with Gasteiger partial charge in [0.2, 0.25) is 5.91 Å². The van der Waals surface area contributed by atoms with Crippen LogP contribution in [-0.4, -0.2) is 34.9 Å². The molecule has 24 heavy (non-hydrogen) atoms. The molecule has 0 unspecified atom stereocenters. The summed E-state index contributed by atoms with van der Waals surface area (Å²) < 4.78 is 12.9. The second-order valence-corrected chi connectivity index (χ2v) is 5.87. The van der Waals surface area contributed by atoms with Crippen LogP contribution in [0.5, 0.6) is 0 Å². The number of pyridine rings is 1. The van der Waals surface area contributed by atoms with Gasteiger partial charge in [-0.2, -0.15) is 0 Å². The number of anilines is 1. The van der Waals surface area contributed by atoms with Crippen LogP contribution in [0.3, 0.4) is 0 Å². The van der Waals surface area contributed by atoms with Crippen molar-refractivity contribution < 1.29 is 9.18 Å². The fourth-order valence-electron chi connectivity index (χ4n) is 2.77. The van der Waals surface area contributed by atoms with E-state index in [0.29, 0.717) is 6.04 Å².